The third kappa shape index (κ3) is 3.52. The smallest absolute Gasteiger partial charge is 0.0385 e. The van der Waals surface area contributed by atoms with Crippen molar-refractivity contribution < 1.29 is 0 Å². The number of piperazine rings is 1. The highest BCUT2D eigenvalue weighted by atomic mass is 15.2. The van der Waals surface area contributed by atoms with E-state index in [1.54, 1.807) is 0 Å². The largest absolute Gasteiger partial charge is 0.309 e. The predicted molar refractivity (Wildman–Crippen MR) is 51.5 cm³/mol. The fourth-order valence-corrected chi connectivity index (χ4v) is 1.51. The minimum absolute atomic E-state index is 0.575. The van der Waals surface area contributed by atoms with Gasteiger partial charge in [0.05, 0.1) is 0 Å². The fraction of sp³-hybridized carbons (Fsp3) is 1.00. The van der Waals surface area contributed by atoms with Gasteiger partial charge in [-0.2, -0.15) is 0 Å². The molecular formula is C9H20N3. The summed E-state index contributed by atoms with van der Waals surface area (Å²) in [4.78, 5) is 4.59. The van der Waals surface area contributed by atoms with E-state index in [0.29, 0.717) is 6.04 Å². The first kappa shape index (κ1) is 9.96. The molecule has 0 amide bonds. The first-order valence-electron chi connectivity index (χ1n) is 4.68. The molecule has 12 heavy (non-hydrogen) atoms. The average Bonchev–Trinajstić information content (AvgIpc) is 2.01. The van der Waals surface area contributed by atoms with Crippen molar-refractivity contribution in [3.05, 3.63) is 0 Å². The molecule has 1 heterocycles. The van der Waals surface area contributed by atoms with Gasteiger partial charge in [0.25, 0.3) is 0 Å². The Labute approximate surface area is 75.7 Å². The van der Waals surface area contributed by atoms with E-state index >= 15 is 0 Å². The van der Waals surface area contributed by atoms with Gasteiger partial charge in [-0.25, -0.2) is 5.32 Å². The van der Waals surface area contributed by atoms with Crippen molar-refractivity contribution in [2.45, 2.75) is 12.5 Å². The fourth-order valence-electron chi connectivity index (χ4n) is 1.51. The summed E-state index contributed by atoms with van der Waals surface area (Å²) in [5.74, 6) is 0. The van der Waals surface area contributed by atoms with Crippen LogP contribution in [0.25, 0.3) is 0 Å². The van der Waals surface area contributed by atoms with E-state index in [0.717, 1.165) is 26.2 Å². The molecule has 0 aliphatic carbocycles. The summed E-state index contributed by atoms with van der Waals surface area (Å²) < 4.78 is 0. The molecular weight excluding hydrogens is 150 g/mol. The van der Waals surface area contributed by atoms with Crippen molar-refractivity contribution in [1.29, 1.82) is 0 Å². The molecule has 1 fully saturated rings. The second-order valence-corrected chi connectivity index (χ2v) is 3.91. The highest BCUT2D eigenvalue weighted by Crippen LogP contribution is 2.02. The van der Waals surface area contributed by atoms with Crippen LogP contribution >= 0.6 is 0 Å². The van der Waals surface area contributed by atoms with Crippen molar-refractivity contribution in [2.24, 2.45) is 0 Å². The molecule has 3 heteroatoms. The van der Waals surface area contributed by atoms with Crippen LogP contribution in [0.3, 0.4) is 0 Å². The molecule has 1 aliphatic rings. The molecule has 1 radical (unpaired) electrons. The monoisotopic (exact) mass is 170 g/mol. The Hall–Kier alpha value is -0.120. The Kier molecular flexibility index (Phi) is 3.98. The molecule has 1 aliphatic heterocycles. The van der Waals surface area contributed by atoms with Crippen LogP contribution in [0.4, 0.5) is 0 Å². The first-order valence-corrected chi connectivity index (χ1v) is 4.68. The van der Waals surface area contributed by atoms with E-state index < -0.39 is 0 Å². The van der Waals surface area contributed by atoms with Crippen LogP contribution in [0.2, 0.25) is 0 Å². The highest BCUT2D eigenvalue weighted by Gasteiger charge is 2.16. The normalized spacial score (nSPS) is 26.5. The zero-order chi connectivity index (χ0) is 8.97. The van der Waals surface area contributed by atoms with Gasteiger partial charge in [-0.15, -0.1) is 0 Å². The maximum atomic E-state index is 4.58. The lowest BCUT2D eigenvalue weighted by molar-refractivity contribution is 0.217. The summed E-state index contributed by atoms with van der Waals surface area (Å²) in [6, 6.07) is 0.575. The lowest BCUT2D eigenvalue weighted by Gasteiger charge is -2.30. The minimum Gasteiger partial charge on any atom is -0.309 e. The lowest BCUT2D eigenvalue weighted by atomic mass is 10.1. The maximum Gasteiger partial charge on any atom is 0.0385 e. The predicted octanol–water partition coefficient (Wildman–Crippen LogP) is -0.143. The molecule has 0 aromatic heterocycles. The Morgan fingerprint density at radius 3 is 2.83 bits per heavy atom. The molecule has 1 atom stereocenters. The number of nitrogens with zero attached hydrogens (tertiary/aromatic N) is 3. The van der Waals surface area contributed by atoms with Gasteiger partial charge < -0.3 is 9.80 Å². The second-order valence-electron chi connectivity index (χ2n) is 3.91. The van der Waals surface area contributed by atoms with Crippen molar-refractivity contribution in [3.63, 3.8) is 0 Å². The van der Waals surface area contributed by atoms with Gasteiger partial charge in [0.15, 0.2) is 0 Å². The Morgan fingerprint density at radius 1 is 1.50 bits per heavy atom. The lowest BCUT2D eigenvalue weighted by Crippen LogP contribution is -2.45. The summed E-state index contributed by atoms with van der Waals surface area (Å²) in [5, 5.41) is 4.58. The summed E-state index contributed by atoms with van der Waals surface area (Å²) in [6.07, 6.45) is 1.21. The molecule has 0 saturated carbocycles. The molecule has 71 valence electrons. The third-order valence-corrected chi connectivity index (χ3v) is 2.30. The van der Waals surface area contributed by atoms with Crippen molar-refractivity contribution in [3.8, 4) is 0 Å². The summed E-state index contributed by atoms with van der Waals surface area (Å²) >= 11 is 0. The summed E-state index contributed by atoms with van der Waals surface area (Å²) in [5.41, 5.74) is 0. The van der Waals surface area contributed by atoms with Crippen LogP contribution in [-0.4, -0.2) is 63.2 Å². The van der Waals surface area contributed by atoms with Crippen molar-refractivity contribution in [1.82, 2.24) is 15.1 Å². The molecule has 0 aromatic rings. The van der Waals surface area contributed by atoms with Crippen LogP contribution in [0, 0.1) is 0 Å². The first-order chi connectivity index (χ1) is 5.68. The van der Waals surface area contributed by atoms with Gasteiger partial charge in [-0.1, -0.05) is 0 Å². The van der Waals surface area contributed by atoms with E-state index in [2.05, 4.69) is 36.3 Å². The van der Waals surface area contributed by atoms with E-state index in [1.165, 1.54) is 6.42 Å². The molecule has 1 saturated heterocycles. The van der Waals surface area contributed by atoms with Crippen LogP contribution in [0.1, 0.15) is 6.42 Å². The molecule has 1 rings (SSSR count). The Bertz CT molecular complexity index is 125. The van der Waals surface area contributed by atoms with Crippen LogP contribution in [-0.2, 0) is 0 Å². The Balaban J connectivity index is 2.14. The van der Waals surface area contributed by atoms with Crippen LogP contribution < -0.4 is 5.32 Å². The zero-order valence-electron chi connectivity index (χ0n) is 8.45. The molecule has 0 aromatic carbocycles. The minimum atomic E-state index is 0.575. The number of likely N-dealkylation sites (N-methyl/N-ethyl adjacent to an activating group) is 1. The second kappa shape index (κ2) is 4.80. The van der Waals surface area contributed by atoms with E-state index in [9.17, 15) is 0 Å². The topological polar surface area (TPSA) is 20.6 Å². The zero-order valence-corrected chi connectivity index (χ0v) is 8.45. The van der Waals surface area contributed by atoms with E-state index in [4.69, 9.17) is 0 Å². The molecule has 0 bridgehead atoms. The molecule has 1 unspecified atom stereocenters. The van der Waals surface area contributed by atoms with E-state index in [-0.39, 0.29) is 0 Å². The number of hydrogen-bond donors (Lipinski definition) is 0. The van der Waals surface area contributed by atoms with Gasteiger partial charge in [0, 0.05) is 25.7 Å². The molecule has 3 nitrogen and oxygen atoms in total. The van der Waals surface area contributed by atoms with Crippen molar-refractivity contribution >= 4 is 0 Å². The van der Waals surface area contributed by atoms with Gasteiger partial charge in [-0.05, 0) is 34.1 Å². The molecule has 0 spiro atoms. The number of hydrogen-bond acceptors (Lipinski definition) is 2. The van der Waals surface area contributed by atoms with Gasteiger partial charge in [-0.3, -0.25) is 0 Å². The van der Waals surface area contributed by atoms with Gasteiger partial charge >= 0.3 is 0 Å². The average molecular weight is 170 g/mol. The van der Waals surface area contributed by atoms with Crippen molar-refractivity contribution in [2.75, 3.05) is 47.3 Å². The number of rotatable bonds is 3. The quantitative estimate of drug-likeness (QED) is 0.587. The van der Waals surface area contributed by atoms with Gasteiger partial charge in [0.2, 0.25) is 0 Å². The summed E-state index contributed by atoms with van der Waals surface area (Å²) in [6.45, 7) is 4.46. The highest BCUT2D eigenvalue weighted by molar-refractivity contribution is 4.76. The van der Waals surface area contributed by atoms with Crippen LogP contribution in [0.15, 0.2) is 0 Å². The van der Waals surface area contributed by atoms with E-state index in [1.807, 2.05) is 0 Å². The molecule has 0 N–H and O–H groups in total. The summed E-state index contributed by atoms with van der Waals surface area (Å²) in [7, 11) is 6.41. The maximum absolute atomic E-state index is 4.58. The van der Waals surface area contributed by atoms with Crippen LogP contribution in [0.5, 0.6) is 0 Å². The van der Waals surface area contributed by atoms with Gasteiger partial charge in [0.1, 0.15) is 0 Å². The third-order valence-electron chi connectivity index (χ3n) is 2.30. The SMILES string of the molecule is CN(C)CCC1CN(C)CC[N]1. The Morgan fingerprint density at radius 2 is 2.25 bits per heavy atom. The standard InChI is InChI=1S/C9H20N3/c1-11(2)6-4-9-8-12(3)7-5-10-9/h9H,4-8H2,1-3H3.